The van der Waals surface area contributed by atoms with E-state index in [2.05, 4.69) is 31.3 Å². The van der Waals surface area contributed by atoms with Crippen LogP contribution in [0.3, 0.4) is 0 Å². The predicted molar refractivity (Wildman–Crippen MR) is 152 cm³/mol. The number of amides is 3. The third kappa shape index (κ3) is 8.40. The first-order valence-electron chi connectivity index (χ1n) is 13.1. The Morgan fingerprint density at radius 1 is 1.27 bits per heavy atom. The SMILES string of the molecule is CCOC(=O)/C(Cl)=C/[C@H](Cc1nnn[nH]1)NC(=O)[C@H]1CCCN1C(=O)C(NC(=O)c1ccc(N)c(Cl)c1)C(C)(C)C. The summed E-state index contributed by atoms with van der Waals surface area (Å²) in [5.41, 5.74) is 5.64. The number of anilines is 1. The quantitative estimate of drug-likeness (QED) is 0.178. The van der Waals surface area contributed by atoms with Crippen molar-refractivity contribution in [3.63, 3.8) is 0 Å². The van der Waals surface area contributed by atoms with Gasteiger partial charge in [0.25, 0.3) is 5.91 Å². The molecular weight excluding hydrogens is 575 g/mol. The Bertz CT molecular complexity index is 1300. The van der Waals surface area contributed by atoms with Gasteiger partial charge in [0.2, 0.25) is 11.8 Å². The topological polar surface area (TPSA) is 185 Å². The average Bonchev–Trinajstić information content (AvgIpc) is 3.60. The number of esters is 1. The van der Waals surface area contributed by atoms with Crippen molar-refractivity contribution < 1.29 is 23.9 Å². The van der Waals surface area contributed by atoms with Gasteiger partial charge in [-0.1, -0.05) is 44.0 Å². The summed E-state index contributed by atoms with van der Waals surface area (Å²) in [6.45, 7) is 7.55. The molecular formula is C26H34Cl2N8O5. The monoisotopic (exact) mass is 608 g/mol. The number of likely N-dealkylation sites (tertiary alicyclic amines) is 1. The van der Waals surface area contributed by atoms with Gasteiger partial charge in [0.05, 0.1) is 23.4 Å². The van der Waals surface area contributed by atoms with Gasteiger partial charge in [-0.3, -0.25) is 14.4 Å². The molecule has 1 aromatic heterocycles. The fraction of sp³-hybridized carbons (Fsp3) is 0.500. The number of aromatic nitrogens is 4. The molecule has 1 aromatic carbocycles. The molecule has 1 saturated heterocycles. The van der Waals surface area contributed by atoms with Gasteiger partial charge in [-0.25, -0.2) is 9.89 Å². The lowest BCUT2D eigenvalue weighted by atomic mass is 9.85. The van der Waals surface area contributed by atoms with Crippen LogP contribution in [0, 0.1) is 5.41 Å². The number of carbonyl (C=O) groups is 4. The highest BCUT2D eigenvalue weighted by Gasteiger charge is 2.42. The molecule has 1 fully saturated rings. The number of ether oxygens (including phenoxy) is 1. The highest BCUT2D eigenvalue weighted by molar-refractivity contribution is 6.41. The normalized spacial score (nSPS) is 17.1. The molecule has 3 amide bonds. The van der Waals surface area contributed by atoms with Gasteiger partial charge in [-0.2, -0.15) is 0 Å². The second-order valence-corrected chi connectivity index (χ2v) is 11.4. The largest absolute Gasteiger partial charge is 0.462 e. The van der Waals surface area contributed by atoms with Gasteiger partial charge < -0.3 is 26.0 Å². The first kappa shape index (κ1) is 31.8. The van der Waals surface area contributed by atoms with Crippen molar-refractivity contribution in [2.75, 3.05) is 18.9 Å². The number of H-pyrrole nitrogens is 1. The first-order chi connectivity index (χ1) is 19.3. The summed E-state index contributed by atoms with van der Waals surface area (Å²) in [6.07, 6.45) is 2.43. The number of hydrogen-bond donors (Lipinski definition) is 4. The summed E-state index contributed by atoms with van der Waals surface area (Å²) >= 11 is 12.2. The Balaban J connectivity index is 1.80. The summed E-state index contributed by atoms with van der Waals surface area (Å²) in [5, 5.41) is 19.1. The van der Waals surface area contributed by atoms with Crippen molar-refractivity contribution in [1.29, 1.82) is 0 Å². The fourth-order valence-corrected chi connectivity index (χ4v) is 4.74. The molecule has 0 aliphatic carbocycles. The van der Waals surface area contributed by atoms with Gasteiger partial charge in [0, 0.05) is 18.5 Å². The minimum absolute atomic E-state index is 0.0971. The Hall–Kier alpha value is -3.71. The lowest BCUT2D eigenvalue weighted by Gasteiger charge is -2.35. The molecule has 3 atom stereocenters. The molecule has 0 spiro atoms. The minimum Gasteiger partial charge on any atom is -0.462 e. The Kier molecular flexibility index (Phi) is 10.7. The van der Waals surface area contributed by atoms with Crippen molar-refractivity contribution in [2.24, 2.45) is 5.41 Å². The molecule has 41 heavy (non-hydrogen) atoms. The van der Waals surface area contributed by atoms with E-state index in [0.29, 0.717) is 30.9 Å². The van der Waals surface area contributed by atoms with Crippen LogP contribution in [0.1, 0.15) is 56.7 Å². The van der Waals surface area contributed by atoms with Gasteiger partial charge in [0.1, 0.15) is 17.1 Å². The lowest BCUT2D eigenvalue weighted by Crippen LogP contribution is -2.58. The number of hydrogen-bond acceptors (Lipinski definition) is 9. The van der Waals surface area contributed by atoms with Gasteiger partial charge in [-0.15, -0.1) is 5.10 Å². The molecule has 1 unspecified atom stereocenters. The van der Waals surface area contributed by atoms with Gasteiger partial charge in [-0.05, 0) is 59.9 Å². The molecule has 222 valence electrons. The summed E-state index contributed by atoms with van der Waals surface area (Å²) in [5.74, 6) is -1.76. The number of nitrogens with one attached hydrogen (secondary N) is 3. The number of nitrogen functional groups attached to an aromatic ring is 1. The number of halogens is 2. The number of aromatic amines is 1. The molecule has 1 aliphatic rings. The van der Waals surface area contributed by atoms with Gasteiger partial charge in [0.15, 0.2) is 5.82 Å². The molecule has 3 rings (SSSR count). The van der Waals surface area contributed by atoms with E-state index in [1.807, 2.05) is 20.8 Å². The molecule has 5 N–H and O–H groups in total. The van der Waals surface area contributed by atoms with E-state index in [-0.39, 0.29) is 28.6 Å². The third-order valence-corrected chi connectivity index (χ3v) is 7.05. The first-order valence-corrected chi connectivity index (χ1v) is 13.8. The van der Waals surface area contributed by atoms with Crippen LogP contribution in [0.2, 0.25) is 5.02 Å². The molecule has 1 aliphatic heterocycles. The zero-order valence-corrected chi connectivity index (χ0v) is 24.8. The Labute approximate surface area is 247 Å². The number of rotatable bonds is 10. The molecule has 0 bridgehead atoms. The standard InChI is InChI=1S/C26H34Cl2N8O5/c1-5-41-25(40)17(28)12-15(13-20-32-34-35-33-20)30-23(38)19-7-6-10-36(19)24(39)21(26(2,3)4)31-22(37)14-8-9-18(29)16(27)11-14/h8-9,11-12,15,19,21H,5-7,10,13,29H2,1-4H3,(H,30,38)(H,31,37)(H,32,33,34,35)/b17-12-/t15-,19-,21?/m1/s1. The highest BCUT2D eigenvalue weighted by Crippen LogP contribution is 2.27. The summed E-state index contributed by atoms with van der Waals surface area (Å²) in [7, 11) is 0. The van der Waals surface area contributed by atoms with Crippen molar-refractivity contribution in [2.45, 2.75) is 65.1 Å². The Morgan fingerprint density at radius 3 is 2.61 bits per heavy atom. The van der Waals surface area contributed by atoms with Crippen LogP contribution in [-0.4, -0.2) is 80.5 Å². The van der Waals surface area contributed by atoms with Crippen molar-refractivity contribution in [1.82, 2.24) is 36.2 Å². The van der Waals surface area contributed by atoms with E-state index >= 15 is 0 Å². The number of carbonyl (C=O) groups excluding carboxylic acids is 4. The van der Waals surface area contributed by atoms with Gasteiger partial charge >= 0.3 is 5.97 Å². The fourth-order valence-electron chi connectivity index (χ4n) is 4.35. The van der Waals surface area contributed by atoms with Crippen LogP contribution < -0.4 is 16.4 Å². The lowest BCUT2D eigenvalue weighted by molar-refractivity contribution is -0.142. The van der Waals surface area contributed by atoms with E-state index in [1.165, 1.54) is 29.2 Å². The maximum atomic E-state index is 13.8. The summed E-state index contributed by atoms with van der Waals surface area (Å²) in [4.78, 5) is 53.9. The predicted octanol–water partition coefficient (Wildman–Crippen LogP) is 1.98. The summed E-state index contributed by atoms with van der Waals surface area (Å²) < 4.78 is 4.93. The molecule has 15 heteroatoms. The van der Waals surface area contributed by atoms with Crippen molar-refractivity contribution >= 4 is 52.6 Å². The molecule has 0 radical (unpaired) electrons. The molecule has 0 saturated carbocycles. The van der Waals surface area contributed by atoms with Crippen LogP contribution in [0.25, 0.3) is 0 Å². The smallest absolute Gasteiger partial charge is 0.349 e. The molecule has 13 nitrogen and oxygen atoms in total. The van der Waals surface area contributed by atoms with Crippen LogP contribution in [0.5, 0.6) is 0 Å². The molecule has 2 aromatic rings. The van der Waals surface area contributed by atoms with Crippen LogP contribution >= 0.6 is 23.2 Å². The highest BCUT2D eigenvalue weighted by atomic mass is 35.5. The zero-order valence-electron chi connectivity index (χ0n) is 23.2. The maximum Gasteiger partial charge on any atom is 0.349 e. The number of nitrogens with two attached hydrogens (primary N) is 1. The molecule has 2 heterocycles. The van der Waals surface area contributed by atoms with Crippen LogP contribution in [0.15, 0.2) is 29.3 Å². The van der Waals surface area contributed by atoms with Crippen LogP contribution in [0.4, 0.5) is 5.69 Å². The average molecular weight is 610 g/mol. The van der Waals surface area contributed by atoms with E-state index in [0.717, 1.165) is 0 Å². The van der Waals surface area contributed by atoms with E-state index in [1.54, 1.807) is 6.92 Å². The number of tetrazole rings is 1. The Morgan fingerprint density at radius 2 is 2.00 bits per heavy atom. The van der Waals surface area contributed by atoms with E-state index in [4.69, 9.17) is 33.7 Å². The van der Waals surface area contributed by atoms with E-state index < -0.39 is 47.2 Å². The van der Waals surface area contributed by atoms with Crippen molar-refractivity contribution in [3.8, 4) is 0 Å². The third-order valence-electron chi connectivity index (χ3n) is 6.44. The minimum atomic E-state index is -0.950. The zero-order chi connectivity index (χ0) is 30.3. The maximum absolute atomic E-state index is 13.8. The number of nitrogens with zero attached hydrogens (tertiary/aromatic N) is 4. The van der Waals surface area contributed by atoms with E-state index in [9.17, 15) is 19.2 Å². The van der Waals surface area contributed by atoms with Crippen molar-refractivity contribution in [3.05, 3.63) is 45.7 Å². The number of benzene rings is 1. The second kappa shape index (κ2) is 13.8. The van der Waals surface area contributed by atoms with Crippen LogP contribution in [-0.2, 0) is 25.5 Å². The summed E-state index contributed by atoms with van der Waals surface area (Å²) in [6, 6.07) is 1.91. The second-order valence-electron chi connectivity index (χ2n) is 10.6.